The number of rotatable bonds is 10. The van der Waals surface area contributed by atoms with Crippen molar-refractivity contribution in [3.8, 4) is 11.5 Å². The van der Waals surface area contributed by atoms with Crippen molar-refractivity contribution < 1.29 is 34.4 Å². The molecule has 0 aromatic heterocycles. The van der Waals surface area contributed by atoms with Crippen molar-refractivity contribution in [3.63, 3.8) is 0 Å². The second kappa shape index (κ2) is 11.7. The lowest BCUT2D eigenvalue weighted by Gasteiger charge is -2.58. The van der Waals surface area contributed by atoms with E-state index >= 15 is 0 Å². The highest BCUT2D eigenvalue weighted by Gasteiger charge is 2.55. The number of allylic oxidation sites excluding steroid dienone is 1. The molecule has 1 aromatic rings. The molecule has 0 radical (unpaired) electrons. The fourth-order valence-electron chi connectivity index (χ4n) is 9.11. The third-order valence-corrected chi connectivity index (χ3v) is 10.3. The number of carbonyl (C=O) groups is 2. The Morgan fingerprint density at radius 1 is 1.14 bits per heavy atom. The minimum atomic E-state index is -1.10. The first-order valence-corrected chi connectivity index (χ1v) is 15.5. The zero-order chi connectivity index (χ0) is 29.6. The number of fused-ring (bicyclic) bond motifs is 3. The number of hydrogen-bond donors (Lipinski definition) is 4. The number of ether oxygens (including phenoxy) is 2. The maximum Gasteiger partial charge on any atom is 0.247 e. The molecule has 4 bridgehead atoms. The first-order chi connectivity index (χ1) is 20.3. The molecule has 0 unspecified atom stereocenters. The summed E-state index contributed by atoms with van der Waals surface area (Å²) < 4.78 is 12.0. The molecular formula is C33H44N2O7. The van der Waals surface area contributed by atoms with Crippen LogP contribution in [0.2, 0.25) is 0 Å². The van der Waals surface area contributed by atoms with Crippen LogP contribution >= 0.6 is 0 Å². The van der Waals surface area contributed by atoms with Crippen molar-refractivity contribution in [1.29, 1.82) is 0 Å². The van der Waals surface area contributed by atoms with Gasteiger partial charge in [-0.25, -0.2) is 0 Å². The van der Waals surface area contributed by atoms with E-state index in [1.165, 1.54) is 26.4 Å². The molecular weight excluding hydrogens is 536 g/mol. The average molecular weight is 581 g/mol. The topological polar surface area (TPSA) is 129 Å². The van der Waals surface area contributed by atoms with Gasteiger partial charge in [0.15, 0.2) is 11.5 Å². The van der Waals surface area contributed by atoms with Crippen molar-refractivity contribution in [2.75, 3.05) is 26.8 Å². The van der Waals surface area contributed by atoms with Gasteiger partial charge < -0.3 is 35.0 Å². The van der Waals surface area contributed by atoms with Gasteiger partial charge in [-0.05, 0) is 98.0 Å². The first kappa shape index (κ1) is 29.2. The van der Waals surface area contributed by atoms with Crippen molar-refractivity contribution in [1.82, 2.24) is 10.2 Å². The summed E-state index contributed by atoms with van der Waals surface area (Å²) in [6.07, 6.45) is 11.1. The third kappa shape index (κ3) is 5.13. The number of nitrogens with one attached hydrogen (secondary N) is 1. The summed E-state index contributed by atoms with van der Waals surface area (Å²) in [4.78, 5) is 29.3. The molecule has 4 saturated carbocycles. The van der Waals surface area contributed by atoms with Gasteiger partial charge in [-0.15, -0.1) is 0 Å². The van der Waals surface area contributed by atoms with Gasteiger partial charge >= 0.3 is 0 Å². The molecule has 5 aliphatic carbocycles. The van der Waals surface area contributed by atoms with Crippen LogP contribution in [0, 0.1) is 23.2 Å². The predicted octanol–water partition coefficient (Wildman–Crippen LogP) is 2.82. The van der Waals surface area contributed by atoms with Gasteiger partial charge in [0.25, 0.3) is 0 Å². The number of aliphatic hydroxyl groups is 3. The molecule has 0 spiro atoms. The lowest BCUT2D eigenvalue weighted by Crippen LogP contribution is -2.59. The molecule has 6 aliphatic rings. The normalized spacial score (nSPS) is 34.0. The van der Waals surface area contributed by atoms with E-state index in [9.17, 15) is 24.9 Å². The Morgan fingerprint density at radius 3 is 2.43 bits per heavy atom. The third-order valence-electron chi connectivity index (χ3n) is 10.3. The van der Waals surface area contributed by atoms with Gasteiger partial charge in [0.1, 0.15) is 12.2 Å². The van der Waals surface area contributed by atoms with E-state index in [2.05, 4.69) is 5.32 Å². The van der Waals surface area contributed by atoms with E-state index in [-0.39, 0.29) is 37.0 Å². The predicted molar refractivity (Wildman–Crippen MR) is 156 cm³/mol. The SMILES string of the molecule is CCC=CC(=O)N(CC12CC3CC(CC(C3)C1)C2)[C@@H]1C=C(C(=O)NCCO)[C@@H]2c3cc(CO)cc(OC)c3O[C@@H]2[C@H]1O. The monoisotopic (exact) mass is 580 g/mol. The van der Waals surface area contributed by atoms with Gasteiger partial charge in [0, 0.05) is 24.2 Å². The minimum Gasteiger partial charge on any atom is -0.493 e. The van der Waals surface area contributed by atoms with Crippen LogP contribution in [0.4, 0.5) is 0 Å². The van der Waals surface area contributed by atoms with Crippen LogP contribution in [-0.2, 0) is 16.2 Å². The molecule has 42 heavy (non-hydrogen) atoms. The summed E-state index contributed by atoms with van der Waals surface area (Å²) in [6.45, 7) is 2.15. The summed E-state index contributed by atoms with van der Waals surface area (Å²) in [5, 5.41) is 34.1. The second-order valence-corrected chi connectivity index (χ2v) is 13.2. The van der Waals surface area contributed by atoms with E-state index in [0.29, 0.717) is 58.9 Å². The number of amides is 2. The lowest BCUT2D eigenvalue weighted by molar-refractivity contribution is -0.140. The Balaban J connectivity index is 1.41. The highest BCUT2D eigenvalue weighted by atomic mass is 16.5. The molecule has 228 valence electrons. The number of aliphatic hydroxyl groups excluding tert-OH is 3. The quantitative estimate of drug-likeness (QED) is 0.313. The molecule has 4 atom stereocenters. The van der Waals surface area contributed by atoms with Gasteiger partial charge in [-0.2, -0.15) is 0 Å². The highest BCUT2D eigenvalue weighted by molar-refractivity contribution is 5.96. The van der Waals surface area contributed by atoms with E-state index in [0.717, 1.165) is 19.3 Å². The van der Waals surface area contributed by atoms with Crippen LogP contribution in [-0.4, -0.2) is 77.1 Å². The summed E-state index contributed by atoms with van der Waals surface area (Å²) in [5.41, 5.74) is 1.65. The molecule has 1 heterocycles. The van der Waals surface area contributed by atoms with Crippen LogP contribution in [0.25, 0.3) is 0 Å². The molecule has 9 heteroatoms. The lowest BCUT2D eigenvalue weighted by atomic mass is 9.49. The fourth-order valence-corrected chi connectivity index (χ4v) is 9.11. The van der Waals surface area contributed by atoms with Crippen LogP contribution in [0.1, 0.15) is 68.9 Å². The van der Waals surface area contributed by atoms with Gasteiger partial charge in [-0.3, -0.25) is 9.59 Å². The molecule has 0 saturated heterocycles. The molecule has 7 rings (SSSR count). The Labute approximate surface area is 247 Å². The average Bonchev–Trinajstić information content (AvgIpc) is 3.36. The summed E-state index contributed by atoms with van der Waals surface area (Å²) in [6, 6.07) is 2.69. The van der Waals surface area contributed by atoms with E-state index in [1.54, 1.807) is 29.2 Å². The first-order valence-electron chi connectivity index (χ1n) is 15.5. The number of hydrogen-bond acceptors (Lipinski definition) is 7. The van der Waals surface area contributed by atoms with Crippen molar-refractivity contribution in [3.05, 3.63) is 47.1 Å². The fraction of sp³-hybridized carbons (Fsp3) is 0.636. The van der Waals surface area contributed by atoms with Gasteiger partial charge in [0.2, 0.25) is 11.8 Å². The molecule has 1 aromatic carbocycles. The van der Waals surface area contributed by atoms with E-state index in [1.807, 2.05) is 13.0 Å². The van der Waals surface area contributed by atoms with Crippen LogP contribution in [0.15, 0.2) is 35.9 Å². The standard InChI is InChI=1S/C33H44N2O7/c1-3-4-5-27(38)35(18-33-14-19-8-20(15-33)10-21(9-19)16-33)25-13-24(32(40)34-6-7-36)28-23-11-22(17-37)12-26(41-2)30(23)42-31(28)29(25)39/h4-5,11-13,19-21,25,28-29,31,36-37,39H,3,6-10,14-18H2,1-2H3,(H,34,40)/t19?,20?,21?,25-,28+,29+,31+,33?/m1/s1. The smallest absolute Gasteiger partial charge is 0.247 e. The molecule has 4 fully saturated rings. The maximum atomic E-state index is 13.9. The summed E-state index contributed by atoms with van der Waals surface area (Å²) in [5.74, 6) is 1.77. The van der Waals surface area contributed by atoms with Gasteiger partial charge in [0.05, 0.1) is 32.3 Å². The van der Waals surface area contributed by atoms with Crippen molar-refractivity contribution >= 4 is 11.8 Å². The van der Waals surface area contributed by atoms with Gasteiger partial charge in [-0.1, -0.05) is 13.0 Å². The van der Waals surface area contributed by atoms with Crippen molar-refractivity contribution in [2.24, 2.45) is 23.2 Å². The number of benzene rings is 1. The Morgan fingerprint density at radius 2 is 1.83 bits per heavy atom. The van der Waals surface area contributed by atoms with Crippen LogP contribution < -0.4 is 14.8 Å². The number of nitrogens with zero attached hydrogens (tertiary/aromatic N) is 1. The Bertz CT molecular complexity index is 1240. The molecule has 9 nitrogen and oxygen atoms in total. The summed E-state index contributed by atoms with van der Waals surface area (Å²) >= 11 is 0. The minimum absolute atomic E-state index is 0.0208. The van der Waals surface area contributed by atoms with Crippen LogP contribution in [0.5, 0.6) is 11.5 Å². The zero-order valence-electron chi connectivity index (χ0n) is 24.6. The van der Waals surface area contributed by atoms with Crippen LogP contribution in [0.3, 0.4) is 0 Å². The summed E-state index contributed by atoms with van der Waals surface area (Å²) in [7, 11) is 1.51. The Kier molecular flexibility index (Phi) is 8.11. The maximum absolute atomic E-state index is 13.9. The number of methoxy groups -OCH3 is 1. The molecule has 1 aliphatic heterocycles. The molecule has 4 N–H and O–H groups in total. The molecule has 2 amide bonds. The Hall–Kier alpha value is -2.88. The largest absolute Gasteiger partial charge is 0.493 e. The van der Waals surface area contributed by atoms with Crippen molar-refractivity contribution in [2.45, 2.75) is 82.6 Å². The second-order valence-electron chi connectivity index (χ2n) is 13.2. The number of carbonyl (C=O) groups excluding carboxylic acids is 2. The highest BCUT2D eigenvalue weighted by Crippen LogP contribution is 2.60. The van der Waals surface area contributed by atoms with E-state index < -0.39 is 24.2 Å². The zero-order valence-corrected chi connectivity index (χ0v) is 24.6. The van der Waals surface area contributed by atoms with E-state index in [4.69, 9.17) is 9.47 Å².